The van der Waals surface area contributed by atoms with Crippen molar-refractivity contribution >= 4 is 52.3 Å². The first-order valence-corrected chi connectivity index (χ1v) is 11.6. The molecular weight excluding hydrogens is 494 g/mol. The average molecular weight is 514 g/mol. The minimum atomic E-state index is -0.0385. The SMILES string of the molecule is O=C(NCc1ccc(Cl)cc1Cl)C1CCN(Cc2nc(-c3ccc(Cl)cc3Cl)no2)CC1. The van der Waals surface area contributed by atoms with E-state index in [1.165, 1.54) is 0 Å². The van der Waals surface area contributed by atoms with Crippen LogP contribution < -0.4 is 5.32 Å². The van der Waals surface area contributed by atoms with Crippen LogP contribution in [0.15, 0.2) is 40.9 Å². The molecule has 2 heterocycles. The predicted octanol–water partition coefficient (Wildman–Crippen LogP) is 5.88. The molecular formula is C22H20Cl4N4O2. The number of piperidine rings is 1. The average Bonchev–Trinajstić information content (AvgIpc) is 3.21. The number of rotatable bonds is 6. The van der Waals surface area contributed by atoms with Crippen molar-refractivity contribution in [2.24, 2.45) is 5.92 Å². The van der Waals surface area contributed by atoms with Crippen molar-refractivity contribution in [3.63, 3.8) is 0 Å². The van der Waals surface area contributed by atoms with E-state index in [2.05, 4.69) is 20.4 Å². The minimum absolute atomic E-state index is 0.0353. The largest absolute Gasteiger partial charge is 0.352 e. The Kier molecular flexibility index (Phi) is 7.59. The van der Waals surface area contributed by atoms with Crippen LogP contribution in [0, 0.1) is 5.92 Å². The summed E-state index contributed by atoms with van der Waals surface area (Å²) in [6.07, 6.45) is 1.51. The molecule has 1 fully saturated rings. The van der Waals surface area contributed by atoms with Crippen LogP contribution in [0.4, 0.5) is 0 Å². The molecule has 168 valence electrons. The maximum absolute atomic E-state index is 12.6. The van der Waals surface area contributed by atoms with Crippen LogP contribution >= 0.6 is 46.4 Å². The molecule has 3 aromatic rings. The number of carbonyl (C=O) groups is 1. The van der Waals surface area contributed by atoms with Crippen molar-refractivity contribution in [2.45, 2.75) is 25.9 Å². The van der Waals surface area contributed by atoms with E-state index in [4.69, 9.17) is 50.9 Å². The lowest BCUT2D eigenvalue weighted by atomic mass is 9.96. The van der Waals surface area contributed by atoms with E-state index in [0.717, 1.165) is 31.5 Å². The van der Waals surface area contributed by atoms with Crippen LogP contribution in [-0.2, 0) is 17.9 Å². The summed E-state index contributed by atoms with van der Waals surface area (Å²) < 4.78 is 5.39. The molecule has 4 rings (SSSR count). The van der Waals surface area contributed by atoms with Gasteiger partial charge < -0.3 is 9.84 Å². The van der Waals surface area contributed by atoms with Crippen molar-refractivity contribution in [2.75, 3.05) is 13.1 Å². The zero-order valence-electron chi connectivity index (χ0n) is 17.0. The molecule has 2 aromatic carbocycles. The number of hydrogen-bond acceptors (Lipinski definition) is 5. The maximum Gasteiger partial charge on any atom is 0.241 e. The minimum Gasteiger partial charge on any atom is -0.352 e. The summed E-state index contributed by atoms with van der Waals surface area (Å²) in [5, 5.41) is 9.14. The van der Waals surface area contributed by atoms with E-state index in [1.54, 1.807) is 30.3 Å². The molecule has 0 bridgehead atoms. The molecule has 0 spiro atoms. The standard InChI is InChI=1S/C22H20Cl4N4O2/c23-15-2-1-14(18(25)9-15)11-27-22(31)13-5-7-30(8-6-13)12-20-28-21(29-32-20)17-4-3-16(24)10-19(17)26/h1-4,9-10,13H,5-8,11-12H2,(H,27,31). The third-order valence-corrected chi connectivity index (χ3v) is 6.56. The first-order chi connectivity index (χ1) is 15.4. The van der Waals surface area contributed by atoms with Gasteiger partial charge in [0.15, 0.2) is 0 Å². The van der Waals surface area contributed by atoms with Crippen molar-refractivity contribution in [1.82, 2.24) is 20.4 Å². The van der Waals surface area contributed by atoms with Gasteiger partial charge in [-0.2, -0.15) is 4.98 Å². The summed E-state index contributed by atoms with van der Waals surface area (Å²) in [6, 6.07) is 10.4. The summed E-state index contributed by atoms with van der Waals surface area (Å²) in [4.78, 5) is 19.2. The second kappa shape index (κ2) is 10.4. The lowest BCUT2D eigenvalue weighted by Crippen LogP contribution is -2.40. The third kappa shape index (κ3) is 5.74. The second-order valence-corrected chi connectivity index (χ2v) is 9.33. The zero-order valence-corrected chi connectivity index (χ0v) is 20.0. The summed E-state index contributed by atoms with van der Waals surface area (Å²) in [6.45, 7) is 2.43. The van der Waals surface area contributed by atoms with Crippen molar-refractivity contribution in [3.8, 4) is 11.4 Å². The van der Waals surface area contributed by atoms with Crippen LogP contribution in [0.2, 0.25) is 20.1 Å². The van der Waals surface area contributed by atoms with Crippen LogP contribution in [0.5, 0.6) is 0 Å². The van der Waals surface area contributed by atoms with Gasteiger partial charge >= 0.3 is 0 Å². The summed E-state index contributed by atoms with van der Waals surface area (Å²) in [7, 11) is 0. The number of carbonyl (C=O) groups excluding carboxylic acids is 1. The number of hydrogen-bond donors (Lipinski definition) is 1. The van der Waals surface area contributed by atoms with Gasteiger partial charge in [-0.1, -0.05) is 57.6 Å². The molecule has 1 aliphatic rings. The quantitative estimate of drug-likeness (QED) is 0.445. The Balaban J connectivity index is 1.27. The number of nitrogens with one attached hydrogen (secondary N) is 1. The number of amides is 1. The first kappa shape index (κ1) is 23.3. The van der Waals surface area contributed by atoms with E-state index < -0.39 is 0 Å². The lowest BCUT2D eigenvalue weighted by molar-refractivity contribution is -0.126. The molecule has 1 N–H and O–H groups in total. The van der Waals surface area contributed by atoms with Gasteiger partial charge in [0, 0.05) is 33.1 Å². The Morgan fingerprint density at radius 2 is 1.72 bits per heavy atom. The fourth-order valence-electron chi connectivity index (χ4n) is 3.64. The Morgan fingerprint density at radius 3 is 2.41 bits per heavy atom. The van der Waals surface area contributed by atoms with E-state index in [-0.39, 0.29) is 11.8 Å². The molecule has 1 aliphatic heterocycles. The van der Waals surface area contributed by atoms with Gasteiger partial charge in [-0.15, -0.1) is 0 Å². The van der Waals surface area contributed by atoms with Gasteiger partial charge in [0.1, 0.15) is 0 Å². The van der Waals surface area contributed by atoms with Gasteiger partial charge in [-0.25, -0.2) is 0 Å². The summed E-state index contributed by atoms with van der Waals surface area (Å²) >= 11 is 24.3. The molecule has 0 saturated carbocycles. The Hall–Kier alpha value is -1.83. The Labute approximate surface area is 205 Å². The van der Waals surface area contributed by atoms with Gasteiger partial charge in [0.05, 0.1) is 11.6 Å². The van der Waals surface area contributed by atoms with Crippen molar-refractivity contribution in [3.05, 3.63) is 67.9 Å². The number of nitrogens with zero attached hydrogens (tertiary/aromatic N) is 3. The number of halogens is 4. The third-order valence-electron chi connectivity index (χ3n) is 5.43. The smallest absolute Gasteiger partial charge is 0.241 e. The van der Waals surface area contributed by atoms with Gasteiger partial charge in [-0.05, 0) is 61.8 Å². The first-order valence-electron chi connectivity index (χ1n) is 10.1. The molecule has 0 radical (unpaired) electrons. The van der Waals surface area contributed by atoms with Crippen LogP contribution in [-0.4, -0.2) is 34.0 Å². The van der Waals surface area contributed by atoms with Crippen LogP contribution in [0.25, 0.3) is 11.4 Å². The Bertz CT molecular complexity index is 1110. The van der Waals surface area contributed by atoms with E-state index in [9.17, 15) is 4.79 Å². The molecule has 6 nitrogen and oxygen atoms in total. The number of aromatic nitrogens is 2. The van der Waals surface area contributed by atoms with E-state index >= 15 is 0 Å². The fraction of sp³-hybridized carbons (Fsp3) is 0.318. The second-order valence-electron chi connectivity index (χ2n) is 7.64. The summed E-state index contributed by atoms with van der Waals surface area (Å²) in [5.41, 5.74) is 1.51. The number of likely N-dealkylation sites (tertiary alicyclic amines) is 1. The predicted molar refractivity (Wildman–Crippen MR) is 126 cm³/mol. The topological polar surface area (TPSA) is 71.3 Å². The van der Waals surface area contributed by atoms with Gasteiger partial charge in [-0.3, -0.25) is 9.69 Å². The molecule has 0 aliphatic carbocycles. The molecule has 0 unspecified atom stereocenters. The molecule has 0 atom stereocenters. The highest BCUT2D eigenvalue weighted by Gasteiger charge is 2.26. The molecule has 1 aromatic heterocycles. The Morgan fingerprint density at radius 1 is 1.03 bits per heavy atom. The highest BCUT2D eigenvalue weighted by atomic mass is 35.5. The van der Waals surface area contributed by atoms with Gasteiger partial charge in [0.25, 0.3) is 0 Å². The highest BCUT2D eigenvalue weighted by molar-refractivity contribution is 6.36. The maximum atomic E-state index is 12.6. The molecule has 32 heavy (non-hydrogen) atoms. The van der Waals surface area contributed by atoms with Crippen molar-refractivity contribution < 1.29 is 9.32 Å². The zero-order chi connectivity index (χ0) is 22.7. The van der Waals surface area contributed by atoms with Crippen LogP contribution in [0.3, 0.4) is 0 Å². The van der Waals surface area contributed by atoms with Gasteiger partial charge in [0.2, 0.25) is 17.6 Å². The number of benzene rings is 2. The normalized spacial score (nSPS) is 15.1. The van der Waals surface area contributed by atoms with E-state index in [0.29, 0.717) is 50.5 Å². The lowest BCUT2D eigenvalue weighted by Gasteiger charge is -2.30. The van der Waals surface area contributed by atoms with Crippen LogP contribution in [0.1, 0.15) is 24.3 Å². The molecule has 1 amide bonds. The van der Waals surface area contributed by atoms with E-state index in [1.807, 2.05) is 6.07 Å². The summed E-state index contributed by atoms with van der Waals surface area (Å²) in [5.74, 6) is 0.930. The molecule has 1 saturated heterocycles. The molecule has 10 heteroatoms. The highest BCUT2D eigenvalue weighted by Crippen LogP contribution is 2.29. The monoisotopic (exact) mass is 512 g/mol. The van der Waals surface area contributed by atoms with Crippen molar-refractivity contribution in [1.29, 1.82) is 0 Å². The fourth-order valence-corrected chi connectivity index (χ4v) is 4.60.